The molecule has 1 aromatic heterocycles. The molecule has 0 bridgehead atoms. The lowest BCUT2D eigenvalue weighted by Gasteiger charge is -2.03. The molecule has 0 aliphatic rings. The number of nitrogens with zero attached hydrogens (tertiary/aromatic N) is 1. The Bertz CT molecular complexity index is 683. The lowest BCUT2D eigenvalue weighted by Crippen LogP contribution is -1.84. The van der Waals surface area contributed by atoms with Crippen LogP contribution < -0.4 is 0 Å². The molecule has 0 amide bonds. The fourth-order valence-electron chi connectivity index (χ4n) is 1.90. The maximum absolute atomic E-state index is 5.58. The summed E-state index contributed by atoms with van der Waals surface area (Å²) in [5.74, 6) is 0. The first kappa shape index (κ1) is 9.10. The van der Waals surface area contributed by atoms with Crippen LogP contribution in [0.4, 0.5) is 0 Å². The molecule has 0 saturated carbocycles. The van der Waals surface area contributed by atoms with Gasteiger partial charge in [-0.1, -0.05) is 36.9 Å². The highest BCUT2D eigenvalue weighted by Crippen LogP contribution is 2.22. The highest BCUT2D eigenvalue weighted by Gasteiger charge is 2.01. The topological polar surface area (TPSA) is 12.9 Å². The Balaban J connectivity index is 2.51. The van der Waals surface area contributed by atoms with Crippen LogP contribution in [-0.2, 0) is 0 Å². The molecule has 1 heteroatoms. The van der Waals surface area contributed by atoms with Crippen molar-refractivity contribution in [2.45, 2.75) is 0 Å². The largest absolute Gasteiger partial charge is 0.248 e. The van der Waals surface area contributed by atoms with E-state index in [0.29, 0.717) is 0 Å². The van der Waals surface area contributed by atoms with Crippen molar-refractivity contribution >= 4 is 27.9 Å². The minimum absolute atomic E-state index is 0.899. The minimum Gasteiger partial charge on any atom is -0.248 e. The van der Waals surface area contributed by atoms with Crippen LogP contribution in [0.5, 0.6) is 0 Å². The molecule has 16 heavy (non-hydrogen) atoms. The average molecular weight is 203 g/mol. The first-order valence-electron chi connectivity index (χ1n) is 5.13. The van der Waals surface area contributed by atoms with Gasteiger partial charge in [0, 0.05) is 10.8 Å². The molecular formula is C15H9N. The molecule has 1 nitrogen and oxygen atoms in total. The summed E-state index contributed by atoms with van der Waals surface area (Å²) in [6, 6.07) is 17.1. The summed E-state index contributed by atoms with van der Waals surface area (Å²) in [7, 11) is 0. The van der Waals surface area contributed by atoms with Crippen molar-refractivity contribution in [3.05, 3.63) is 60.7 Å². The Hall–Kier alpha value is -2.15. The Morgan fingerprint density at radius 2 is 2.00 bits per heavy atom. The zero-order valence-corrected chi connectivity index (χ0v) is 8.64. The molecule has 74 valence electrons. The van der Waals surface area contributed by atoms with Gasteiger partial charge in [0.1, 0.15) is 0 Å². The van der Waals surface area contributed by atoms with Crippen LogP contribution in [0.25, 0.3) is 27.9 Å². The second-order valence-corrected chi connectivity index (χ2v) is 3.67. The van der Waals surface area contributed by atoms with Gasteiger partial charge in [-0.3, -0.25) is 0 Å². The van der Waals surface area contributed by atoms with E-state index >= 15 is 0 Å². The summed E-state index contributed by atoms with van der Waals surface area (Å²) < 4.78 is 0. The van der Waals surface area contributed by atoms with Gasteiger partial charge < -0.3 is 0 Å². The minimum atomic E-state index is 0.899. The first-order valence-corrected chi connectivity index (χ1v) is 5.13. The number of benzene rings is 2. The van der Waals surface area contributed by atoms with E-state index in [9.17, 15) is 0 Å². The van der Waals surface area contributed by atoms with E-state index in [1.165, 1.54) is 0 Å². The second-order valence-electron chi connectivity index (χ2n) is 3.67. The van der Waals surface area contributed by atoms with Crippen LogP contribution in [-0.4, -0.2) is 4.98 Å². The van der Waals surface area contributed by atoms with Gasteiger partial charge in [-0.05, 0) is 29.8 Å². The zero-order valence-electron chi connectivity index (χ0n) is 8.64. The Labute approximate surface area is 94.1 Å². The van der Waals surface area contributed by atoms with Gasteiger partial charge in [-0.2, -0.15) is 0 Å². The Kier molecular flexibility index (Phi) is 1.97. The first-order chi connectivity index (χ1) is 7.88. The number of rotatable bonds is 1. The number of fused-ring (bicyclic) bond motifs is 2. The maximum atomic E-state index is 5.58. The number of aromatic nitrogens is 1. The smallest absolute Gasteiger partial charge is 0.0716 e. The number of hydrogen-bond donors (Lipinski definition) is 0. The summed E-state index contributed by atoms with van der Waals surface area (Å²) in [4.78, 5) is 4.59. The van der Waals surface area contributed by atoms with E-state index in [0.717, 1.165) is 27.4 Å². The van der Waals surface area contributed by atoms with Crippen LogP contribution in [0, 0.1) is 12.6 Å². The van der Waals surface area contributed by atoms with Gasteiger partial charge in [-0.15, -0.1) is 0 Å². The maximum Gasteiger partial charge on any atom is 0.0716 e. The van der Waals surface area contributed by atoms with E-state index in [4.69, 9.17) is 6.58 Å². The van der Waals surface area contributed by atoms with Crippen molar-refractivity contribution in [1.82, 2.24) is 4.98 Å². The number of para-hydroxylation sites is 1. The molecule has 3 aromatic rings. The third-order valence-electron chi connectivity index (χ3n) is 2.69. The quantitative estimate of drug-likeness (QED) is 0.550. The predicted octanol–water partition coefficient (Wildman–Crippen LogP) is 3.63. The molecule has 3 rings (SSSR count). The molecule has 0 saturated heterocycles. The van der Waals surface area contributed by atoms with Crippen molar-refractivity contribution in [3.8, 4) is 0 Å². The molecule has 1 heterocycles. The third kappa shape index (κ3) is 1.29. The summed E-state index contributed by atoms with van der Waals surface area (Å²) in [6.07, 6.45) is 1.57. The van der Waals surface area contributed by atoms with Crippen LogP contribution in [0.3, 0.4) is 0 Å². The lowest BCUT2D eigenvalue weighted by molar-refractivity contribution is 1.49. The highest BCUT2D eigenvalue weighted by molar-refractivity contribution is 5.96. The fourth-order valence-corrected chi connectivity index (χ4v) is 1.90. The normalized spacial score (nSPS) is 10.8. The van der Waals surface area contributed by atoms with Gasteiger partial charge >= 0.3 is 0 Å². The van der Waals surface area contributed by atoms with Crippen LogP contribution in [0.1, 0.15) is 5.56 Å². The van der Waals surface area contributed by atoms with Gasteiger partial charge in [-0.25, -0.2) is 4.98 Å². The summed E-state index contributed by atoms with van der Waals surface area (Å²) >= 11 is 0. The van der Waals surface area contributed by atoms with Crippen molar-refractivity contribution in [1.29, 1.82) is 0 Å². The molecule has 0 aliphatic carbocycles. The molecule has 0 spiro atoms. The second kappa shape index (κ2) is 3.46. The van der Waals surface area contributed by atoms with E-state index in [1.807, 2.05) is 30.3 Å². The average Bonchev–Trinajstić information content (AvgIpc) is 2.35. The molecule has 0 atom stereocenters. The molecule has 0 aliphatic heterocycles. The monoisotopic (exact) mass is 203 g/mol. The molecule has 2 radical (unpaired) electrons. The van der Waals surface area contributed by atoms with Gasteiger partial charge in [0.2, 0.25) is 0 Å². The van der Waals surface area contributed by atoms with E-state index in [1.54, 1.807) is 6.08 Å². The molecule has 2 aromatic carbocycles. The highest BCUT2D eigenvalue weighted by atomic mass is 14.7. The van der Waals surface area contributed by atoms with Crippen LogP contribution >= 0.6 is 0 Å². The Morgan fingerprint density at radius 1 is 1.12 bits per heavy atom. The van der Waals surface area contributed by atoms with Crippen LogP contribution in [0.2, 0.25) is 0 Å². The van der Waals surface area contributed by atoms with E-state index < -0.39 is 0 Å². The standard InChI is InChI=1S/C15H9N/c1-2-11-7-5-9-15-13(11)10-12-6-3-4-8-14(12)16-15/h1-6,8-10H. The van der Waals surface area contributed by atoms with Gasteiger partial charge in [0.25, 0.3) is 0 Å². The van der Waals surface area contributed by atoms with Crippen molar-refractivity contribution in [2.24, 2.45) is 0 Å². The van der Waals surface area contributed by atoms with Crippen molar-refractivity contribution in [2.75, 3.05) is 0 Å². The van der Waals surface area contributed by atoms with Crippen LogP contribution in [0.15, 0.2) is 42.5 Å². The summed E-state index contributed by atoms with van der Waals surface area (Å²) in [6.45, 7) is 5.58. The van der Waals surface area contributed by atoms with E-state index in [-0.39, 0.29) is 0 Å². The Morgan fingerprint density at radius 3 is 2.88 bits per heavy atom. The van der Waals surface area contributed by atoms with Crippen molar-refractivity contribution in [3.63, 3.8) is 0 Å². The third-order valence-corrected chi connectivity index (χ3v) is 2.69. The van der Waals surface area contributed by atoms with Crippen molar-refractivity contribution < 1.29 is 0 Å². The summed E-state index contributed by atoms with van der Waals surface area (Å²) in [5.41, 5.74) is 2.86. The van der Waals surface area contributed by atoms with Gasteiger partial charge in [0.15, 0.2) is 0 Å². The molecule has 0 N–H and O–H groups in total. The zero-order chi connectivity index (χ0) is 11.0. The summed E-state index contributed by atoms with van der Waals surface area (Å²) in [5, 5.41) is 2.17. The van der Waals surface area contributed by atoms with E-state index in [2.05, 4.69) is 23.2 Å². The number of hydrogen-bond acceptors (Lipinski definition) is 1. The lowest BCUT2D eigenvalue weighted by atomic mass is 10.1. The molecule has 0 unspecified atom stereocenters. The molecule has 0 fully saturated rings. The SMILES string of the molecule is [CH]=Cc1[c]ccc2nc3ccccc3cc12. The molecular weight excluding hydrogens is 194 g/mol. The number of pyridine rings is 1. The predicted molar refractivity (Wildman–Crippen MR) is 66.8 cm³/mol. The fraction of sp³-hybridized carbons (Fsp3) is 0. The van der Waals surface area contributed by atoms with Gasteiger partial charge in [0.05, 0.1) is 11.0 Å².